The maximum Gasteiger partial charge on any atom is 0.0547 e. The Morgan fingerprint density at radius 2 is 0.818 bits per heavy atom. The molecule has 0 radical (unpaired) electrons. The molecule has 0 bridgehead atoms. The van der Waals surface area contributed by atoms with E-state index in [2.05, 4.69) is 203 Å². The molecular formula is C52H32N2S. The lowest BCUT2D eigenvalue weighted by atomic mass is 9.99. The first-order valence-electron chi connectivity index (χ1n) is 18.8. The van der Waals surface area contributed by atoms with Crippen LogP contribution in [0.25, 0.3) is 108 Å². The van der Waals surface area contributed by atoms with Gasteiger partial charge in [0.05, 0.1) is 22.1 Å². The molecular weight excluding hydrogens is 685 g/mol. The van der Waals surface area contributed by atoms with Crippen molar-refractivity contribution < 1.29 is 0 Å². The number of rotatable bonds is 4. The SMILES string of the molecule is c1ccc(-c2ccc3c4cc(-c5ccc6c(c5)c5cc7ccccc7cc5n6-c5ccccc5)ccc4n(-c4ccc5c(c4)sc4ccccc45)c3c2)cc1. The van der Waals surface area contributed by atoms with Gasteiger partial charge >= 0.3 is 0 Å². The van der Waals surface area contributed by atoms with Gasteiger partial charge in [0.2, 0.25) is 0 Å². The third-order valence-corrected chi connectivity index (χ3v) is 12.6. The molecule has 0 saturated carbocycles. The largest absolute Gasteiger partial charge is 0.309 e. The molecule has 0 unspecified atom stereocenters. The van der Waals surface area contributed by atoms with Crippen molar-refractivity contribution in [3.63, 3.8) is 0 Å². The predicted octanol–water partition coefficient (Wildman–Crippen LogP) is 14.7. The van der Waals surface area contributed by atoms with Crippen LogP contribution in [0.4, 0.5) is 0 Å². The molecule has 2 nitrogen and oxygen atoms in total. The summed E-state index contributed by atoms with van der Waals surface area (Å²) in [6, 6.07) is 71.6. The van der Waals surface area contributed by atoms with Crippen LogP contribution in [0.2, 0.25) is 0 Å². The number of hydrogen-bond acceptors (Lipinski definition) is 1. The molecule has 0 N–H and O–H groups in total. The topological polar surface area (TPSA) is 9.86 Å². The van der Waals surface area contributed by atoms with Crippen LogP contribution in [0, 0.1) is 0 Å². The van der Waals surface area contributed by atoms with Crippen LogP contribution >= 0.6 is 11.3 Å². The number of para-hydroxylation sites is 1. The minimum absolute atomic E-state index is 1.17. The number of nitrogens with zero attached hydrogens (tertiary/aromatic N) is 2. The second kappa shape index (κ2) is 11.8. The van der Waals surface area contributed by atoms with E-state index in [0.717, 1.165) is 0 Å². The third-order valence-electron chi connectivity index (χ3n) is 11.5. The van der Waals surface area contributed by atoms with Crippen LogP contribution in [0.1, 0.15) is 0 Å². The lowest BCUT2D eigenvalue weighted by molar-refractivity contribution is 1.18. The molecule has 0 spiro atoms. The molecule has 0 atom stereocenters. The summed E-state index contributed by atoms with van der Waals surface area (Å²) in [4.78, 5) is 0. The summed E-state index contributed by atoms with van der Waals surface area (Å²) in [5.41, 5.74) is 12.1. The highest BCUT2D eigenvalue weighted by atomic mass is 32.1. The van der Waals surface area contributed by atoms with E-state index in [1.54, 1.807) is 0 Å². The summed E-state index contributed by atoms with van der Waals surface area (Å²) in [6.45, 7) is 0. The molecule has 256 valence electrons. The zero-order valence-electron chi connectivity index (χ0n) is 29.8. The molecule has 0 aliphatic carbocycles. The normalized spacial score (nSPS) is 12.0. The highest BCUT2D eigenvalue weighted by molar-refractivity contribution is 7.25. The quantitative estimate of drug-likeness (QED) is 0.172. The lowest BCUT2D eigenvalue weighted by Crippen LogP contribution is -1.94. The molecule has 0 aliphatic rings. The molecule has 55 heavy (non-hydrogen) atoms. The van der Waals surface area contributed by atoms with Gasteiger partial charge in [-0.2, -0.15) is 0 Å². The van der Waals surface area contributed by atoms with Crippen molar-refractivity contribution in [1.29, 1.82) is 0 Å². The van der Waals surface area contributed by atoms with Gasteiger partial charge in [0, 0.05) is 53.1 Å². The van der Waals surface area contributed by atoms with Crippen LogP contribution in [0.3, 0.4) is 0 Å². The van der Waals surface area contributed by atoms with Crippen LogP contribution in [-0.2, 0) is 0 Å². The smallest absolute Gasteiger partial charge is 0.0547 e. The molecule has 0 saturated heterocycles. The van der Waals surface area contributed by atoms with E-state index in [1.807, 2.05) is 11.3 Å². The highest BCUT2D eigenvalue weighted by Crippen LogP contribution is 2.42. The average molecular weight is 717 g/mol. The van der Waals surface area contributed by atoms with Crippen LogP contribution in [0.15, 0.2) is 194 Å². The Labute approximate surface area is 321 Å². The van der Waals surface area contributed by atoms with Crippen LogP contribution in [0.5, 0.6) is 0 Å². The Morgan fingerprint density at radius 3 is 1.60 bits per heavy atom. The summed E-state index contributed by atoms with van der Waals surface area (Å²) >= 11 is 1.87. The Morgan fingerprint density at radius 1 is 0.273 bits per heavy atom. The number of hydrogen-bond donors (Lipinski definition) is 0. The molecule has 12 rings (SSSR count). The first kappa shape index (κ1) is 30.5. The van der Waals surface area contributed by atoms with Gasteiger partial charge in [-0.15, -0.1) is 11.3 Å². The van der Waals surface area contributed by atoms with E-state index < -0.39 is 0 Å². The number of aromatic nitrogens is 2. The van der Waals surface area contributed by atoms with Crippen molar-refractivity contribution >= 4 is 85.9 Å². The molecule has 0 fully saturated rings. The minimum atomic E-state index is 1.17. The second-order valence-electron chi connectivity index (χ2n) is 14.6. The summed E-state index contributed by atoms with van der Waals surface area (Å²) in [5, 5.41) is 10.2. The van der Waals surface area contributed by atoms with E-state index in [4.69, 9.17) is 0 Å². The lowest BCUT2D eigenvalue weighted by Gasteiger charge is -2.10. The van der Waals surface area contributed by atoms with Gasteiger partial charge in [-0.3, -0.25) is 0 Å². The van der Waals surface area contributed by atoms with E-state index >= 15 is 0 Å². The van der Waals surface area contributed by atoms with E-state index in [9.17, 15) is 0 Å². The van der Waals surface area contributed by atoms with E-state index in [-0.39, 0.29) is 0 Å². The van der Waals surface area contributed by atoms with Crippen LogP contribution < -0.4 is 0 Å². The molecule has 3 heterocycles. The minimum Gasteiger partial charge on any atom is -0.309 e. The van der Waals surface area contributed by atoms with Crippen molar-refractivity contribution in [2.45, 2.75) is 0 Å². The predicted molar refractivity (Wildman–Crippen MR) is 236 cm³/mol. The fraction of sp³-hybridized carbons (Fsp3) is 0. The van der Waals surface area contributed by atoms with E-state index in [1.165, 1.54) is 108 Å². The Hall–Kier alpha value is -6.94. The summed E-state index contributed by atoms with van der Waals surface area (Å²) in [7, 11) is 0. The molecule has 0 amide bonds. The zero-order valence-corrected chi connectivity index (χ0v) is 30.6. The molecule has 9 aromatic carbocycles. The summed E-state index contributed by atoms with van der Waals surface area (Å²) in [6.07, 6.45) is 0. The summed E-state index contributed by atoms with van der Waals surface area (Å²) in [5.74, 6) is 0. The van der Waals surface area contributed by atoms with Gasteiger partial charge < -0.3 is 9.13 Å². The van der Waals surface area contributed by atoms with Gasteiger partial charge in [-0.25, -0.2) is 0 Å². The van der Waals surface area contributed by atoms with Gasteiger partial charge in [-0.05, 0) is 106 Å². The Bertz CT molecular complexity index is 3470. The van der Waals surface area contributed by atoms with Crippen molar-refractivity contribution in [2.75, 3.05) is 0 Å². The zero-order chi connectivity index (χ0) is 36.0. The van der Waals surface area contributed by atoms with Crippen LogP contribution in [-0.4, -0.2) is 9.13 Å². The number of fused-ring (bicyclic) bond motifs is 10. The number of benzene rings is 9. The fourth-order valence-corrected chi connectivity index (χ4v) is 10.0. The van der Waals surface area contributed by atoms with Gasteiger partial charge in [0.25, 0.3) is 0 Å². The first-order chi connectivity index (χ1) is 27.2. The Kier molecular flexibility index (Phi) is 6.54. The molecule has 3 aromatic heterocycles. The molecule has 3 heteroatoms. The second-order valence-corrected chi connectivity index (χ2v) is 15.6. The van der Waals surface area contributed by atoms with Gasteiger partial charge in [0.15, 0.2) is 0 Å². The van der Waals surface area contributed by atoms with E-state index in [0.29, 0.717) is 0 Å². The fourth-order valence-electron chi connectivity index (χ4n) is 8.88. The highest BCUT2D eigenvalue weighted by Gasteiger charge is 2.18. The maximum absolute atomic E-state index is 2.46. The Balaban J connectivity index is 1.08. The maximum atomic E-state index is 2.46. The first-order valence-corrected chi connectivity index (χ1v) is 19.6. The van der Waals surface area contributed by atoms with Gasteiger partial charge in [-0.1, -0.05) is 121 Å². The molecule has 12 aromatic rings. The average Bonchev–Trinajstić information content (AvgIpc) is 3.89. The van der Waals surface area contributed by atoms with Crippen molar-refractivity contribution in [3.05, 3.63) is 194 Å². The summed E-state index contributed by atoms with van der Waals surface area (Å²) < 4.78 is 7.51. The van der Waals surface area contributed by atoms with Crippen molar-refractivity contribution in [3.8, 4) is 33.6 Å². The van der Waals surface area contributed by atoms with Crippen molar-refractivity contribution in [1.82, 2.24) is 9.13 Å². The standard InChI is InChI=1S/C52H32N2S/c1-3-11-33(12-4-1)38-19-23-41-44-28-36(20-25-47(44)54(49(41)31-38)40-22-24-43-42-17-9-10-18-51(42)55-52(43)32-40)37-21-26-48-45(29-37)46-27-34-13-7-8-14-35(34)30-50(46)53(48)39-15-5-2-6-16-39/h1-32H. The van der Waals surface area contributed by atoms with Gasteiger partial charge in [0.1, 0.15) is 0 Å². The van der Waals surface area contributed by atoms with Crippen molar-refractivity contribution in [2.24, 2.45) is 0 Å². The third kappa shape index (κ3) is 4.67. The monoisotopic (exact) mass is 716 g/mol. The number of thiophene rings is 1. The molecule has 0 aliphatic heterocycles.